The molecular formula is C29H27FN4O3. The van der Waals surface area contributed by atoms with Crippen molar-refractivity contribution in [3.05, 3.63) is 78.1 Å². The highest BCUT2D eigenvalue weighted by atomic mass is 19.1. The average molecular weight is 499 g/mol. The zero-order chi connectivity index (χ0) is 25.4. The maximum atomic E-state index is 13.2. The van der Waals surface area contributed by atoms with Crippen LogP contribution in [0, 0.1) is 11.8 Å². The van der Waals surface area contributed by atoms with E-state index in [2.05, 4.69) is 39.6 Å². The molecule has 2 fully saturated rings. The number of pyridine rings is 1. The molecular weight excluding hydrogens is 471 g/mol. The molecule has 3 heterocycles. The smallest absolute Gasteiger partial charge is 0.272 e. The van der Waals surface area contributed by atoms with Crippen LogP contribution in [0.15, 0.2) is 71.3 Å². The number of alkyl halides is 1. The highest BCUT2D eigenvalue weighted by Gasteiger charge is 2.43. The first-order chi connectivity index (χ1) is 18.0. The Labute approximate surface area is 213 Å². The number of hydrogen-bond acceptors (Lipinski definition) is 5. The van der Waals surface area contributed by atoms with Crippen LogP contribution in [-0.2, 0) is 11.2 Å². The van der Waals surface area contributed by atoms with Crippen molar-refractivity contribution >= 4 is 28.6 Å². The second-order valence-corrected chi connectivity index (χ2v) is 9.90. The van der Waals surface area contributed by atoms with E-state index >= 15 is 0 Å². The van der Waals surface area contributed by atoms with Crippen molar-refractivity contribution in [3.63, 3.8) is 0 Å². The number of benzene rings is 2. The number of piperidine rings is 1. The average Bonchev–Trinajstić information content (AvgIpc) is 3.51. The molecule has 1 saturated carbocycles. The van der Waals surface area contributed by atoms with Gasteiger partial charge in [0.05, 0.1) is 5.92 Å². The van der Waals surface area contributed by atoms with Gasteiger partial charge < -0.3 is 14.6 Å². The molecule has 8 heteroatoms. The van der Waals surface area contributed by atoms with Gasteiger partial charge in [-0.1, -0.05) is 30.3 Å². The summed E-state index contributed by atoms with van der Waals surface area (Å²) >= 11 is 0. The number of hydrogen-bond donors (Lipinski definition) is 1. The lowest BCUT2D eigenvalue weighted by Crippen LogP contribution is -2.39. The summed E-state index contributed by atoms with van der Waals surface area (Å²) in [4.78, 5) is 36.0. The van der Waals surface area contributed by atoms with Crippen LogP contribution in [-0.4, -0.2) is 45.9 Å². The molecule has 0 bridgehead atoms. The van der Waals surface area contributed by atoms with E-state index in [0.29, 0.717) is 52.9 Å². The summed E-state index contributed by atoms with van der Waals surface area (Å²) in [5.74, 6) is -0.0410. The Morgan fingerprint density at radius 1 is 1.05 bits per heavy atom. The Bertz CT molecular complexity index is 1450. The molecule has 1 N–H and O–H groups in total. The van der Waals surface area contributed by atoms with Crippen molar-refractivity contribution in [1.29, 1.82) is 0 Å². The lowest BCUT2D eigenvalue weighted by atomic mass is 9.90. The number of carbonyl (C=O) groups is 2. The lowest BCUT2D eigenvalue weighted by molar-refractivity contribution is -0.117. The van der Waals surface area contributed by atoms with Gasteiger partial charge in [0.2, 0.25) is 11.8 Å². The van der Waals surface area contributed by atoms with Crippen LogP contribution < -0.4 is 5.32 Å². The van der Waals surface area contributed by atoms with E-state index in [4.69, 9.17) is 4.42 Å². The number of nitrogens with one attached hydrogen (secondary N) is 1. The summed E-state index contributed by atoms with van der Waals surface area (Å²) in [7, 11) is 0. The molecule has 2 aromatic carbocycles. The van der Waals surface area contributed by atoms with Gasteiger partial charge in [0.25, 0.3) is 5.91 Å². The molecule has 0 unspecified atom stereocenters. The van der Waals surface area contributed by atoms with Gasteiger partial charge in [-0.25, -0.2) is 9.37 Å². The number of amides is 2. The van der Waals surface area contributed by atoms with Crippen molar-refractivity contribution < 1.29 is 18.4 Å². The number of likely N-dealkylation sites (tertiary alicyclic amines) is 1. The Balaban J connectivity index is 1.12. The number of carbonyl (C=O) groups excluding carboxylic acids is 2. The van der Waals surface area contributed by atoms with Gasteiger partial charge in [-0.2, -0.15) is 0 Å². The lowest BCUT2D eigenvalue weighted by Gasteiger charge is -2.32. The Hall–Kier alpha value is -4.07. The van der Waals surface area contributed by atoms with E-state index in [9.17, 15) is 14.0 Å². The van der Waals surface area contributed by atoms with Gasteiger partial charge in [0.15, 0.2) is 5.58 Å². The normalized spacial score (nSPS) is 19.6. The van der Waals surface area contributed by atoms with E-state index in [0.717, 1.165) is 19.3 Å². The predicted octanol–water partition coefficient (Wildman–Crippen LogP) is 5.28. The number of aromatic nitrogens is 2. The number of rotatable bonds is 6. The van der Waals surface area contributed by atoms with Crippen LogP contribution in [0.25, 0.3) is 22.6 Å². The molecule has 2 amide bonds. The third kappa shape index (κ3) is 5.09. The summed E-state index contributed by atoms with van der Waals surface area (Å²) < 4.78 is 19.1. The third-order valence-electron chi connectivity index (χ3n) is 7.20. The molecule has 2 aromatic heterocycles. The SMILES string of the molecule is O=C(Nc1ccc2oc(-c3ccnc(C(=O)N4CCC(Cc5ccccc5)CC4)c3)nc2c1)[C@H]1C[C@@H]1F. The number of halogens is 1. The molecule has 2 atom stereocenters. The van der Waals surface area contributed by atoms with Gasteiger partial charge in [0, 0.05) is 30.5 Å². The highest BCUT2D eigenvalue weighted by Crippen LogP contribution is 2.35. The summed E-state index contributed by atoms with van der Waals surface area (Å²) in [5, 5.41) is 2.73. The van der Waals surface area contributed by atoms with Gasteiger partial charge in [-0.3, -0.25) is 14.6 Å². The van der Waals surface area contributed by atoms with Crippen molar-refractivity contribution in [2.75, 3.05) is 18.4 Å². The molecule has 1 saturated heterocycles. The molecule has 0 radical (unpaired) electrons. The minimum absolute atomic E-state index is 0.0904. The zero-order valence-electron chi connectivity index (χ0n) is 20.3. The first kappa shape index (κ1) is 23.3. The fourth-order valence-corrected chi connectivity index (χ4v) is 4.93. The topological polar surface area (TPSA) is 88.3 Å². The van der Waals surface area contributed by atoms with Gasteiger partial charge in [-0.15, -0.1) is 0 Å². The predicted molar refractivity (Wildman–Crippen MR) is 138 cm³/mol. The van der Waals surface area contributed by atoms with Crippen LogP contribution >= 0.6 is 0 Å². The molecule has 4 aromatic rings. The summed E-state index contributed by atoms with van der Waals surface area (Å²) in [6, 6.07) is 19.1. The molecule has 0 spiro atoms. The number of oxazole rings is 1. The Morgan fingerprint density at radius 2 is 1.84 bits per heavy atom. The van der Waals surface area contributed by atoms with E-state index in [-0.39, 0.29) is 18.2 Å². The van der Waals surface area contributed by atoms with Gasteiger partial charge in [-0.05, 0) is 67.5 Å². The summed E-state index contributed by atoms with van der Waals surface area (Å²) in [6.45, 7) is 1.42. The number of nitrogens with zero attached hydrogens (tertiary/aromatic N) is 3. The highest BCUT2D eigenvalue weighted by molar-refractivity contribution is 5.96. The van der Waals surface area contributed by atoms with Crippen LogP contribution in [0.3, 0.4) is 0 Å². The quantitative estimate of drug-likeness (QED) is 0.391. The zero-order valence-corrected chi connectivity index (χ0v) is 20.3. The van der Waals surface area contributed by atoms with Crippen molar-refractivity contribution in [1.82, 2.24) is 14.9 Å². The molecule has 188 valence electrons. The Kier molecular flexibility index (Phi) is 6.16. The molecule has 1 aliphatic heterocycles. The minimum atomic E-state index is -1.05. The molecule has 6 rings (SSSR count). The molecule has 2 aliphatic rings. The largest absolute Gasteiger partial charge is 0.436 e. The van der Waals surface area contributed by atoms with Gasteiger partial charge in [0.1, 0.15) is 17.4 Å². The maximum Gasteiger partial charge on any atom is 0.272 e. The van der Waals surface area contributed by atoms with E-state index in [1.807, 2.05) is 11.0 Å². The Morgan fingerprint density at radius 3 is 2.59 bits per heavy atom. The maximum absolute atomic E-state index is 13.2. The number of fused-ring (bicyclic) bond motifs is 1. The first-order valence-electron chi connectivity index (χ1n) is 12.7. The minimum Gasteiger partial charge on any atom is -0.436 e. The number of anilines is 1. The van der Waals surface area contributed by atoms with E-state index < -0.39 is 12.1 Å². The van der Waals surface area contributed by atoms with Crippen LogP contribution in [0.5, 0.6) is 0 Å². The van der Waals surface area contributed by atoms with Crippen LogP contribution in [0.2, 0.25) is 0 Å². The fraction of sp³-hybridized carbons (Fsp3) is 0.310. The second kappa shape index (κ2) is 9.76. The first-order valence-corrected chi connectivity index (χ1v) is 12.7. The standard InChI is InChI=1S/C29H27FN4O3/c30-23-17-22(23)27(35)32-21-6-7-26-24(16-21)33-28(37-26)20-8-11-31-25(15-20)29(36)34-12-9-19(10-13-34)14-18-4-2-1-3-5-18/h1-8,11,15-16,19,22-23H,9-10,12-14,17H2,(H,32,35)/t22-,23-/m0/s1. The molecule has 37 heavy (non-hydrogen) atoms. The second-order valence-electron chi connectivity index (χ2n) is 9.90. The van der Waals surface area contributed by atoms with Crippen LogP contribution in [0.4, 0.5) is 10.1 Å². The fourth-order valence-electron chi connectivity index (χ4n) is 4.93. The summed E-state index contributed by atoms with van der Waals surface area (Å²) in [5.41, 5.74) is 4.00. The van der Waals surface area contributed by atoms with Crippen LogP contribution in [0.1, 0.15) is 35.3 Å². The van der Waals surface area contributed by atoms with Crippen molar-refractivity contribution in [2.45, 2.75) is 31.9 Å². The summed E-state index contributed by atoms with van der Waals surface area (Å²) in [6.07, 6.45) is 3.79. The van der Waals surface area contributed by atoms with Gasteiger partial charge >= 0.3 is 0 Å². The van der Waals surface area contributed by atoms with E-state index in [1.165, 1.54) is 5.56 Å². The molecule has 7 nitrogen and oxygen atoms in total. The van der Waals surface area contributed by atoms with Crippen molar-refractivity contribution in [2.24, 2.45) is 11.8 Å². The van der Waals surface area contributed by atoms with E-state index in [1.54, 1.807) is 36.5 Å². The van der Waals surface area contributed by atoms with Crippen molar-refractivity contribution in [3.8, 4) is 11.5 Å². The monoisotopic (exact) mass is 498 g/mol. The molecule has 1 aliphatic carbocycles. The third-order valence-corrected chi connectivity index (χ3v) is 7.20.